The molecule has 0 radical (unpaired) electrons. The van der Waals surface area contributed by atoms with Gasteiger partial charge in [0.2, 0.25) is 11.8 Å². The molecule has 0 aliphatic carbocycles. The predicted molar refractivity (Wildman–Crippen MR) is 146 cm³/mol. The lowest BCUT2D eigenvalue weighted by atomic mass is 10.1. The van der Waals surface area contributed by atoms with E-state index in [-0.39, 0.29) is 28.4 Å². The second-order valence-corrected chi connectivity index (χ2v) is 10.4. The van der Waals surface area contributed by atoms with Crippen molar-refractivity contribution in [3.8, 4) is 11.5 Å². The Labute approximate surface area is 228 Å². The Morgan fingerprint density at radius 1 is 0.949 bits per heavy atom. The van der Waals surface area contributed by atoms with E-state index < -0.39 is 40.2 Å². The van der Waals surface area contributed by atoms with Gasteiger partial charge in [0.1, 0.15) is 18.4 Å². The number of ether oxygens (including phenoxy) is 2. The molecule has 0 aliphatic rings. The van der Waals surface area contributed by atoms with E-state index in [2.05, 4.69) is 5.32 Å². The summed E-state index contributed by atoms with van der Waals surface area (Å²) in [5.41, 5.74) is 0.326. The maximum absolute atomic E-state index is 14.5. The van der Waals surface area contributed by atoms with E-state index >= 15 is 0 Å². The SMILES string of the molecule is CCNC(=O)[C@@H](C)N(Cc1ccccc1F)C(=O)CN(c1ccc(OC)c(OC)c1)S(=O)(=O)c1ccccc1. The molecule has 0 bridgehead atoms. The molecule has 1 atom stereocenters. The first kappa shape index (κ1) is 29.4. The molecule has 0 heterocycles. The van der Waals surface area contributed by atoms with Crippen molar-refractivity contribution in [3.05, 3.63) is 84.2 Å². The molecule has 0 aliphatic heterocycles. The molecule has 1 N–H and O–H groups in total. The normalized spacial score (nSPS) is 11.8. The van der Waals surface area contributed by atoms with Crippen molar-refractivity contribution in [2.75, 3.05) is 31.6 Å². The number of hydrogen-bond donors (Lipinski definition) is 1. The average Bonchev–Trinajstić information content (AvgIpc) is 2.95. The van der Waals surface area contributed by atoms with E-state index in [1.54, 1.807) is 31.2 Å². The minimum absolute atomic E-state index is 0.0370. The fourth-order valence-corrected chi connectivity index (χ4v) is 5.37. The second kappa shape index (κ2) is 13.1. The van der Waals surface area contributed by atoms with Crippen LogP contribution >= 0.6 is 0 Å². The fraction of sp³-hybridized carbons (Fsp3) is 0.286. The predicted octanol–water partition coefficient (Wildman–Crippen LogP) is 3.59. The maximum Gasteiger partial charge on any atom is 0.264 e. The number of halogens is 1. The third kappa shape index (κ3) is 6.85. The Balaban J connectivity index is 2.09. The molecule has 2 amide bonds. The number of benzene rings is 3. The minimum Gasteiger partial charge on any atom is -0.493 e. The zero-order valence-electron chi connectivity index (χ0n) is 22.3. The molecule has 208 valence electrons. The van der Waals surface area contributed by atoms with Gasteiger partial charge in [0.25, 0.3) is 10.0 Å². The van der Waals surface area contributed by atoms with E-state index in [1.165, 1.54) is 69.7 Å². The first-order valence-corrected chi connectivity index (χ1v) is 13.7. The van der Waals surface area contributed by atoms with Gasteiger partial charge in [0.15, 0.2) is 11.5 Å². The van der Waals surface area contributed by atoms with Crippen LogP contribution in [0, 0.1) is 5.82 Å². The minimum atomic E-state index is -4.25. The lowest BCUT2D eigenvalue weighted by Crippen LogP contribution is -2.51. The van der Waals surface area contributed by atoms with Crippen LogP contribution in [0.1, 0.15) is 19.4 Å². The van der Waals surface area contributed by atoms with Crippen LogP contribution in [-0.4, -0.2) is 58.5 Å². The molecule has 0 unspecified atom stereocenters. The van der Waals surface area contributed by atoms with Crippen LogP contribution < -0.4 is 19.1 Å². The third-order valence-corrected chi connectivity index (χ3v) is 7.87. The number of likely N-dealkylation sites (N-methyl/N-ethyl adjacent to an activating group) is 1. The molecule has 0 spiro atoms. The number of carbonyl (C=O) groups is 2. The number of amides is 2. The fourth-order valence-electron chi connectivity index (χ4n) is 3.94. The smallest absolute Gasteiger partial charge is 0.264 e. The van der Waals surface area contributed by atoms with Gasteiger partial charge in [0, 0.05) is 24.7 Å². The number of nitrogens with one attached hydrogen (secondary N) is 1. The summed E-state index contributed by atoms with van der Waals surface area (Å²) in [4.78, 5) is 27.7. The van der Waals surface area contributed by atoms with E-state index in [0.29, 0.717) is 12.3 Å². The van der Waals surface area contributed by atoms with Crippen molar-refractivity contribution in [1.82, 2.24) is 10.2 Å². The van der Waals surface area contributed by atoms with Gasteiger partial charge in [0.05, 0.1) is 24.8 Å². The summed E-state index contributed by atoms with van der Waals surface area (Å²) in [6, 6.07) is 17.0. The van der Waals surface area contributed by atoms with E-state index in [9.17, 15) is 22.4 Å². The summed E-state index contributed by atoms with van der Waals surface area (Å²) in [5.74, 6) is -1.07. The number of carbonyl (C=O) groups excluding carboxylic acids is 2. The number of methoxy groups -OCH3 is 2. The number of rotatable bonds is 12. The highest BCUT2D eigenvalue weighted by molar-refractivity contribution is 7.92. The highest BCUT2D eigenvalue weighted by Crippen LogP contribution is 2.34. The molecular weight excluding hydrogens is 525 g/mol. The molecule has 11 heteroatoms. The first-order chi connectivity index (χ1) is 18.6. The van der Waals surface area contributed by atoms with Crippen LogP contribution in [-0.2, 0) is 26.2 Å². The van der Waals surface area contributed by atoms with Crippen molar-refractivity contribution in [2.24, 2.45) is 0 Å². The molecule has 0 aromatic heterocycles. The van der Waals surface area contributed by atoms with Crippen molar-refractivity contribution >= 4 is 27.5 Å². The topological polar surface area (TPSA) is 105 Å². The molecule has 3 aromatic carbocycles. The molecule has 0 saturated heterocycles. The third-order valence-electron chi connectivity index (χ3n) is 6.08. The number of anilines is 1. The highest BCUT2D eigenvalue weighted by atomic mass is 32.2. The largest absolute Gasteiger partial charge is 0.493 e. The van der Waals surface area contributed by atoms with Crippen LogP contribution in [0.2, 0.25) is 0 Å². The van der Waals surface area contributed by atoms with Crippen molar-refractivity contribution < 1.29 is 31.9 Å². The van der Waals surface area contributed by atoms with E-state index in [0.717, 1.165) is 9.21 Å². The Morgan fingerprint density at radius 2 is 1.59 bits per heavy atom. The molecule has 39 heavy (non-hydrogen) atoms. The van der Waals surface area contributed by atoms with Gasteiger partial charge < -0.3 is 19.7 Å². The lowest BCUT2D eigenvalue weighted by Gasteiger charge is -2.32. The monoisotopic (exact) mass is 557 g/mol. The Morgan fingerprint density at radius 3 is 2.21 bits per heavy atom. The van der Waals surface area contributed by atoms with Crippen LogP contribution in [0.25, 0.3) is 0 Å². The summed E-state index contributed by atoms with van der Waals surface area (Å²) in [6.45, 7) is 2.67. The van der Waals surface area contributed by atoms with Crippen molar-refractivity contribution in [3.63, 3.8) is 0 Å². The summed E-state index contributed by atoms with van der Waals surface area (Å²) >= 11 is 0. The number of hydrogen-bond acceptors (Lipinski definition) is 6. The van der Waals surface area contributed by atoms with E-state index in [4.69, 9.17) is 9.47 Å². The molecule has 0 fully saturated rings. The molecule has 0 saturated carbocycles. The highest BCUT2D eigenvalue weighted by Gasteiger charge is 2.33. The number of nitrogens with zero attached hydrogens (tertiary/aromatic N) is 2. The quantitative estimate of drug-likeness (QED) is 0.365. The van der Waals surface area contributed by atoms with Crippen molar-refractivity contribution in [2.45, 2.75) is 31.3 Å². The Kier molecular flexibility index (Phi) is 9.89. The molecule has 3 aromatic rings. The van der Waals surface area contributed by atoms with Crippen molar-refractivity contribution in [1.29, 1.82) is 0 Å². The van der Waals surface area contributed by atoms with E-state index in [1.807, 2.05) is 0 Å². The maximum atomic E-state index is 14.5. The summed E-state index contributed by atoms with van der Waals surface area (Å²) in [5, 5.41) is 2.66. The summed E-state index contributed by atoms with van der Waals surface area (Å²) < 4.78 is 53.7. The molecule has 3 rings (SSSR count). The lowest BCUT2D eigenvalue weighted by molar-refractivity contribution is -0.139. The Hall–Kier alpha value is -4.12. The van der Waals surface area contributed by atoms with Gasteiger partial charge in [-0.3, -0.25) is 13.9 Å². The summed E-state index contributed by atoms with van der Waals surface area (Å²) in [6.07, 6.45) is 0. The van der Waals surface area contributed by atoms with Gasteiger partial charge in [-0.1, -0.05) is 36.4 Å². The average molecular weight is 558 g/mol. The second-order valence-electron chi connectivity index (χ2n) is 8.55. The zero-order valence-corrected chi connectivity index (χ0v) is 23.1. The van der Waals surface area contributed by atoms with Gasteiger partial charge >= 0.3 is 0 Å². The van der Waals surface area contributed by atoms with Gasteiger partial charge in [-0.15, -0.1) is 0 Å². The van der Waals surface area contributed by atoms with Gasteiger partial charge in [-0.05, 0) is 44.2 Å². The number of sulfonamides is 1. The first-order valence-electron chi connectivity index (χ1n) is 12.2. The van der Waals surface area contributed by atoms with Crippen LogP contribution in [0.15, 0.2) is 77.7 Å². The standard InChI is InChI=1S/C28H32FN3O6S/c1-5-30-28(34)20(2)31(18-21-11-9-10-14-24(21)29)27(33)19-32(39(35,36)23-12-7-6-8-13-23)22-15-16-25(37-3)26(17-22)38-4/h6-17,20H,5,18-19H2,1-4H3,(H,30,34)/t20-/m1/s1. The van der Waals surface area contributed by atoms with Gasteiger partial charge in [-0.25, -0.2) is 12.8 Å². The van der Waals surface area contributed by atoms with Crippen LogP contribution in [0.5, 0.6) is 11.5 Å². The van der Waals surface area contributed by atoms with Crippen LogP contribution in [0.3, 0.4) is 0 Å². The zero-order chi connectivity index (χ0) is 28.6. The Bertz CT molecular complexity index is 1400. The summed E-state index contributed by atoms with van der Waals surface area (Å²) in [7, 11) is -1.39. The van der Waals surface area contributed by atoms with Crippen LogP contribution in [0.4, 0.5) is 10.1 Å². The molecular formula is C28H32FN3O6S. The van der Waals surface area contributed by atoms with Gasteiger partial charge in [-0.2, -0.15) is 0 Å². The molecule has 9 nitrogen and oxygen atoms in total.